The first kappa shape index (κ1) is 14.0. The molecule has 19 heavy (non-hydrogen) atoms. The van der Waals surface area contributed by atoms with Crippen molar-refractivity contribution in [3.8, 4) is 0 Å². The second-order valence-corrected chi connectivity index (χ2v) is 4.83. The molecular formula is C13H21N3O3. The van der Waals surface area contributed by atoms with Gasteiger partial charge >= 0.3 is 5.97 Å². The molecule has 1 N–H and O–H groups in total. The number of nitrogens with zero attached hydrogens (tertiary/aromatic N) is 3. The number of rotatable bonds is 6. The highest BCUT2D eigenvalue weighted by Gasteiger charge is 2.26. The second-order valence-electron chi connectivity index (χ2n) is 4.83. The van der Waals surface area contributed by atoms with Crippen molar-refractivity contribution in [1.82, 2.24) is 14.5 Å². The largest absolute Gasteiger partial charge is 0.481 e. The van der Waals surface area contributed by atoms with Gasteiger partial charge in [0.1, 0.15) is 5.82 Å². The number of aliphatic carboxylic acids is 1. The van der Waals surface area contributed by atoms with E-state index in [0.29, 0.717) is 19.8 Å². The Labute approximate surface area is 113 Å². The third-order valence-electron chi connectivity index (χ3n) is 3.37. The van der Waals surface area contributed by atoms with Crippen LogP contribution in [0.2, 0.25) is 0 Å². The van der Waals surface area contributed by atoms with Gasteiger partial charge in [0.2, 0.25) is 0 Å². The van der Waals surface area contributed by atoms with Crippen LogP contribution >= 0.6 is 0 Å². The minimum Gasteiger partial charge on any atom is -0.481 e. The highest BCUT2D eigenvalue weighted by atomic mass is 16.5. The lowest BCUT2D eigenvalue weighted by atomic mass is 10.1. The third-order valence-corrected chi connectivity index (χ3v) is 3.37. The average molecular weight is 267 g/mol. The summed E-state index contributed by atoms with van der Waals surface area (Å²) in [6, 6.07) is -0.0574. The molecule has 1 atom stereocenters. The second kappa shape index (κ2) is 6.68. The Morgan fingerprint density at radius 2 is 2.47 bits per heavy atom. The van der Waals surface area contributed by atoms with Crippen LogP contribution in [0.15, 0.2) is 12.4 Å². The minimum absolute atomic E-state index is 0.0574. The van der Waals surface area contributed by atoms with Gasteiger partial charge in [-0.3, -0.25) is 9.69 Å². The number of carbonyl (C=O) groups is 1. The monoisotopic (exact) mass is 267 g/mol. The van der Waals surface area contributed by atoms with E-state index in [2.05, 4.69) is 21.4 Å². The van der Waals surface area contributed by atoms with Gasteiger partial charge in [0, 0.05) is 31.5 Å². The molecule has 6 nitrogen and oxygen atoms in total. The summed E-state index contributed by atoms with van der Waals surface area (Å²) in [5.74, 6) is 0.219. The SMILES string of the molecule is CCCn1ccnc1CN1CCOC[C@@H]1CC(=O)O. The average Bonchev–Trinajstić information content (AvgIpc) is 2.79. The van der Waals surface area contributed by atoms with E-state index in [4.69, 9.17) is 9.84 Å². The predicted octanol–water partition coefficient (Wildman–Crippen LogP) is 0.969. The molecule has 0 spiro atoms. The number of carboxylic acids is 1. The number of hydrogen-bond acceptors (Lipinski definition) is 4. The van der Waals surface area contributed by atoms with Crippen LogP contribution in [-0.2, 0) is 22.6 Å². The molecule has 6 heteroatoms. The van der Waals surface area contributed by atoms with Crippen LogP contribution in [0.5, 0.6) is 0 Å². The van der Waals surface area contributed by atoms with Gasteiger partial charge < -0.3 is 14.4 Å². The zero-order valence-electron chi connectivity index (χ0n) is 11.3. The van der Waals surface area contributed by atoms with Crippen molar-refractivity contribution < 1.29 is 14.6 Å². The van der Waals surface area contributed by atoms with E-state index in [1.165, 1.54) is 0 Å². The van der Waals surface area contributed by atoms with E-state index < -0.39 is 5.97 Å². The summed E-state index contributed by atoms with van der Waals surface area (Å²) in [7, 11) is 0. The van der Waals surface area contributed by atoms with Gasteiger partial charge in [-0.1, -0.05) is 6.92 Å². The van der Waals surface area contributed by atoms with Crippen molar-refractivity contribution in [3.63, 3.8) is 0 Å². The topological polar surface area (TPSA) is 67.6 Å². The normalized spacial score (nSPS) is 20.6. The quantitative estimate of drug-likeness (QED) is 0.831. The molecule has 0 radical (unpaired) electrons. The van der Waals surface area contributed by atoms with E-state index in [9.17, 15) is 4.79 Å². The molecule has 1 aliphatic heterocycles. The Bertz CT molecular complexity index is 419. The van der Waals surface area contributed by atoms with Crippen LogP contribution in [0.1, 0.15) is 25.6 Å². The molecule has 0 aliphatic carbocycles. The molecular weight excluding hydrogens is 246 g/mol. The molecule has 2 rings (SSSR count). The summed E-state index contributed by atoms with van der Waals surface area (Å²) < 4.78 is 7.51. The Balaban J connectivity index is 2.02. The zero-order valence-corrected chi connectivity index (χ0v) is 11.3. The van der Waals surface area contributed by atoms with Crippen LogP contribution in [0, 0.1) is 0 Å². The van der Waals surface area contributed by atoms with Gasteiger partial charge in [0.05, 0.1) is 26.2 Å². The zero-order chi connectivity index (χ0) is 13.7. The molecule has 1 aliphatic rings. The highest BCUT2D eigenvalue weighted by Crippen LogP contribution is 2.14. The van der Waals surface area contributed by atoms with Crippen LogP contribution in [0.25, 0.3) is 0 Å². The Kier molecular flexibility index (Phi) is 4.93. The number of ether oxygens (including phenoxy) is 1. The van der Waals surface area contributed by atoms with Crippen LogP contribution in [-0.4, -0.2) is 51.3 Å². The summed E-state index contributed by atoms with van der Waals surface area (Å²) >= 11 is 0. The molecule has 0 amide bonds. The van der Waals surface area contributed by atoms with Crippen molar-refractivity contribution in [2.45, 2.75) is 38.9 Å². The number of carboxylic acid groups (broad SMARTS) is 1. The smallest absolute Gasteiger partial charge is 0.305 e. The maximum absolute atomic E-state index is 10.9. The summed E-state index contributed by atoms with van der Waals surface area (Å²) in [5.41, 5.74) is 0. The number of hydrogen-bond donors (Lipinski definition) is 1. The Hall–Kier alpha value is -1.40. The van der Waals surface area contributed by atoms with Gasteiger partial charge in [0.25, 0.3) is 0 Å². The standard InChI is InChI=1S/C13H21N3O3/c1-2-4-15-5-3-14-12(15)9-16-6-7-19-10-11(16)8-13(17)18/h3,5,11H,2,4,6-10H2,1H3,(H,17,18)/t11-/m0/s1. The number of aromatic nitrogens is 2. The molecule has 0 saturated carbocycles. The first-order chi connectivity index (χ1) is 9.20. The molecule has 0 unspecified atom stereocenters. The van der Waals surface area contributed by atoms with Crippen molar-refractivity contribution in [1.29, 1.82) is 0 Å². The van der Waals surface area contributed by atoms with Crippen molar-refractivity contribution >= 4 is 5.97 Å². The van der Waals surface area contributed by atoms with Crippen molar-refractivity contribution in [2.24, 2.45) is 0 Å². The van der Waals surface area contributed by atoms with E-state index in [-0.39, 0.29) is 12.5 Å². The Morgan fingerprint density at radius 3 is 3.21 bits per heavy atom. The lowest BCUT2D eigenvalue weighted by Crippen LogP contribution is -2.46. The fraction of sp³-hybridized carbons (Fsp3) is 0.692. The van der Waals surface area contributed by atoms with Gasteiger partial charge in [-0.15, -0.1) is 0 Å². The fourth-order valence-electron chi connectivity index (χ4n) is 2.40. The summed E-state index contributed by atoms with van der Waals surface area (Å²) in [5, 5.41) is 8.95. The summed E-state index contributed by atoms with van der Waals surface area (Å²) in [6.45, 7) is 5.67. The lowest BCUT2D eigenvalue weighted by molar-refractivity contribution is -0.140. The molecule has 0 aromatic carbocycles. The first-order valence-electron chi connectivity index (χ1n) is 6.74. The van der Waals surface area contributed by atoms with Crippen LogP contribution < -0.4 is 0 Å². The third kappa shape index (κ3) is 3.78. The van der Waals surface area contributed by atoms with E-state index in [1.54, 1.807) is 6.20 Å². The molecule has 2 heterocycles. The summed E-state index contributed by atoms with van der Waals surface area (Å²) in [4.78, 5) is 17.4. The predicted molar refractivity (Wildman–Crippen MR) is 69.8 cm³/mol. The van der Waals surface area contributed by atoms with E-state index >= 15 is 0 Å². The number of imidazole rings is 1. The summed E-state index contributed by atoms with van der Waals surface area (Å²) in [6.07, 6.45) is 4.96. The van der Waals surface area contributed by atoms with Gasteiger partial charge in [-0.05, 0) is 6.42 Å². The van der Waals surface area contributed by atoms with Gasteiger partial charge in [-0.25, -0.2) is 4.98 Å². The number of aryl methyl sites for hydroxylation is 1. The fourth-order valence-corrected chi connectivity index (χ4v) is 2.40. The van der Waals surface area contributed by atoms with Crippen LogP contribution in [0.4, 0.5) is 0 Å². The van der Waals surface area contributed by atoms with Gasteiger partial charge in [-0.2, -0.15) is 0 Å². The number of morpholine rings is 1. The van der Waals surface area contributed by atoms with Gasteiger partial charge in [0.15, 0.2) is 0 Å². The van der Waals surface area contributed by atoms with Crippen LogP contribution in [0.3, 0.4) is 0 Å². The maximum Gasteiger partial charge on any atom is 0.305 e. The molecule has 1 aromatic heterocycles. The highest BCUT2D eigenvalue weighted by molar-refractivity contribution is 5.67. The first-order valence-corrected chi connectivity index (χ1v) is 6.74. The molecule has 1 saturated heterocycles. The minimum atomic E-state index is -0.780. The molecule has 106 valence electrons. The maximum atomic E-state index is 10.9. The molecule has 1 fully saturated rings. The van der Waals surface area contributed by atoms with Crippen molar-refractivity contribution in [2.75, 3.05) is 19.8 Å². The molecule has 0 bridgehead atoms. The lowest BCUT2D eigenvalue weighted by Gasteiger charge is -2.34. The van der Waals surface area contributed by atoms with Crippen molar-refractivity contribution in [3.05, 3.63) is 18.2 Å². The van der Waals surface area contributed by atoms with E-state index in [1.807, 2.05) is 6.20 Å². The molecule has 1 aromatic rings. The van der Waals surface area contributed by atoms with E-state index in [0.717, 1.165) is 25.3 Å². The Morgan fingerprint density at radius 1 is 1.63 bits per heavy atom.